The van der Waals surface area contributed by atoms with Crippen molar-refractivity contribution in [3.05, 3.63) is 4.88 Å². The Hall–Kier alpha value is -1.34. The number of rotatable bonds is 8. The van der Waals surface area contributed by atoms with Crippen LogP contribution in [0.5, 0.6) is 0 Å². The van der Waals surface area contributed by atoms with Gasteiger partial charge in [-0.15, -0.1) is 0 Å². The van der Waals surface area contributed by atoms with E-state index >= 15 is 0 Å². The summed E-state index contributed by atoms with van der Waals surface area (Å²) in [5, 5.41) is 3.57. The standard InChI is InChI=1S/C13H24N4O2S/c1-5-9(6-2)17(7-8-19-4)12(18)10-11(14)16-13(15-3)20-10/h9H,5-8,14H2,1-4H3,(H,15,16). The highest BCUT2D eigenvalue weighted by molar-refractivity contribution is 7.18. The lowest BCUT2D eigenvalue weighted by molar-refractivity contribution is 0.0595. The number of methoxy groups -OCH3 is 1. The molecule has 1 rings (SSSR count). The van der Waals surface area contributed by atoms with E-state index in [4.69, 9.17) is 10.5 Å². The van der Waals surface area contributed by atoms with Gasteiger partial charge >= 0.3 is 0 Å². The molecule has 6 nitrogen and oxygen atoms in total. The molecular formula is C13H24N4O2S. The zero-order valence-corrected chi connectivity index (χ0v) is 13.4. The molecule has 7 heteroatoms. The van der Waals surface area contributed by atoms with Crippen molar-refractivity contribution >= 4 is 28.2 Å². The van der Waals surface area contributed by atoms with Crippen LogP contribution < -0.4 is 11.1 Å². The summed E-state index contributed by atoms with van der Waals surface area (Å²) in [7, 11) is 3.39. The van der Waals surface area contributed by atoms with Crippen LogP contribution in [0.15, 0.2) is 0 Å². The van der Waals surface area contributed by atoms with Crippen LogP contribution in [0.4, 0.5) is 10.9 Å². The minimum absolute atomic E-state index is 0.0627. The molecule has 0 spiro atoms. The fourth-order valence-corrected chi connectivity index (χ4v) is 2.89. The Kier molecular flexibility index (Phi) is 6.74. The molecule has 114 valence electrons. The SMILES string of the molecule is CCC(CC)N(CCOC)C(=O)c1sc(NC)nc1N. The summed E-state index contributed by atoms with van der Waals surface area (Å²) in [6.07, 6.45) is 1.81. The molecular weight excluding hydrogens is 276 g/mol. The Balaban J connectivity index is 2.98. The number of aromatic nitrogens is 1. The first-order valence-corrected chi connectivity index (χ1v) is 7.64. The van der Waals surface area contributed by atoms with E-state index in [9.17, 15) is 4.79 Å². The highest BCUT2D eigenvalue weighted by Crippen LogP contribution is 2.27. The van der Waals surface area contributed by atoms with E-state index in [1.807, 2.05) is 4.90 Å². The van der Waals surface area contributed by atoms with Crippen molar-refractivity contribution in [2.45, 2.75) is 32.7 Å². The number of carbonyl (C=O) groups excluding carboxylic acids is 1. The Bertz CT molecular complexity index is 432. The van der Waals surface area contributed by atoms with Crippen LogP contribution in [0, 0.1) is 0 Å². The van der Waals surface area contributed by atoms with Gasteiger partial charge in [-0.05, 0) is 12.8 Å². The minimum atomic E-state index is -0.0627. The average Bonchev–Trinajstić information content (AvgIpc) is 2.84. The van der Waals surface area contributed by atoms with Crippen molar-refractivity contribution in [1.82, 2.24) is 9.88 Å². The Morgan fingerprint density at radius 1 is 1.50 bits per heavy atom. The van der Waals surface area contributed by atoms with Gasteiger partial charge in [0.2, 0.25) is 0 Å². The molecule has 0 radical (unpaired) electrons. The van der Waals surface area contributed by atoms with Gasteiger partial charge in [-0.1, -0.05) is 25.2 Å². The van der Waals surface area contributed by atoms with Crippen LogP contribution in [0.25, 0.3) is 0 Å². The van der Waals surface area contributed by atoms with Crippen LogP contribution in [-0.4, -0.2) is 49.1 Å². The molecule has 0 aliphatic rings. The van der Waals surface area contributed by atoms with Gasteiger partial charge in [0.25, 0.3) is 5.91 Å². The number of nitrogen functional groups attached to an aromatic ring is 1. The van der Waals surface area contributed by atoms with Crippen molar-refractivity contribution in [2.24, 2.45) is 0 Å². The normalized spacial score (nSPS) is 10.8. The topological polar surface area (TPSA) is 80.5 Å². The number of hydrogen-bond donors (Lipinski definition) is 2. The average molecular weight is 300 g/mol. The molecule has 1 heterocycles. The predicted octanol–water partition coefficient (Wildman–Crippen LogP) is 2.04. The second-order valence-electron chi connectivity index (χ2n) is 4.45. The van der Waals surface area contributed by atoms with E-state index in [0.29, 0.717) is 23.2 Å². The summed E-state index contributed by atoms with van der Waals surface area (Å²) in [5.74, 6) is 0.227. The smallest absolute Gasteiger partial charge is 0.268 e. The Morgan fingerprint density at radius 2 is 2.15 bits per heavy atom. The molecule has 1 amide bonds. The van der Waals surface area contributed by atoms with Crippen LogP contribution in [0.1, 0.15) is 36.4 Å². The molecule has 0 fully saturated rings. The number of nitrogens with zero attached hydrogens (tertiary/aromatic N) is 2. The van der Waals surface area contributed by atoms with Crippen LogP contribution >= 0.6 is 11.3 Å². The zero-order chi connectivity index (χ0) is 15.1. The molecule has 0 atom stereocenters. The number of amides is 1. The van der Waals surface area contributed by atoms with E-state index in [1.165, 1.54) is 11.3 Å². The van der Waals surface area contributed by atoms with Gasteiger partial charge in [0.05, 0.1) is 6.61 Å². The first kappa shape index (κ1) is 16.7. The maximum absolute atomic E-state index is 12.7. The number of anilines is 2. The highest BCUT2D eigenvalue weighted by Gasteiger charge is 2.26. The number of hydrogen-bond acceptors (Lipinski definition) is 6. The second kappa shape index (κ2) is 8.06. The van der Waals surface area contributed by atoms with Crippen molar-refractivity contribution in [3.8, 4) is 0 Å². The van der Waals surface area contributed by atoms with Gasteiger partial charge in [0, 0.05) is 26.7 Å². The maximum atomic E-state index is 12.7. The minimum Gasteiger partial charge on any atom is -0.383 e. The van der Waals surface area contributed by atoms with Gasteiger partial charge in [0.15, 0.2) is 5.13 Å². The second-order valence-corrected chi connectivity index (χ2v) is 5.44. The third kappa shape index (κ3) is 3.83. The summed E-state index contributed by atoms with van der Waals surface area (Å²) in [5.41, 5.74) is 5.85. The van der Waals surface area contributed by atoms with E-state index in [2.05, 4.69) is 24.1 Å². The molecule has 0 bridgehead atoms. The molecule has 20 heavy (non-hydrogen) atoms. The molecule has 0 unspecified atom stereocenters. The van der Waals surface area contributed by atoms with Crippen LogP contribution in [0.3, 0.4) is 0 Å². The van der Waals surface area contributed by atoms with Gasteiger partial charge in [-0.3, -0.25) is 4.79 Å². The number of ether oxygens (including phenoxy) is 1. The summed E-state index contributed by atoms with van der Waals surface area (Å²) in [6.45, 7) is 5.24. The quantitative estimate of drug-likeness (QED) is 0.768. The number of thiazole rings is 1. The molecule has 0 aromatic carbocycles. The van der Waals surface area contributed by atoms with Crippen molar-refractivity contribution in [3.63, 3.8) is 0 Å². The highest BCUT2D eigenvalue weighted by atomic mass is 32.1. The van der Waals surface area contributed by atoms with E-state index in [1.54, 1.807) is 14.2 Å². The van der Waals surface area contributed by atoms with Gasteiger partial charge < -0.3 is 20.7 Å². The maximum Gasteiger partial charge on any atom is 0.268 e. The third-order valence-corrected chi connectivity index (χ3v) is 4.32. The molecule has 0 aliphatic heterocycles. The summed E-state index contributed by atoms with van der Waals surface area (Å²) >= 11 is 1.29. The van der Waals surface area contributed by atoms with Crippen LogP contribution in [0.2, 0.25) is 0 Å². The van der Waals surface area contributed by atoms with Gasteiger partial charge in [-0.25, -0.2) is 4.98 Å². The number of nitrogens with one attached hydrogen (secondary N) is 1. The summed E-state index contributed by atoms with van der Waals surface area (Å²) in [6, 6.07) is 0.192. The van der Waals surface area contributed by atoms with E-state index in [0.717, 1.165) is 12.8 Å². The molecule has 1 aromatic rings. The monoisotopic (exact) mass is 300 g/mol. The van der Waals surface area contributed by atoms with Crippen molar-refractivity contribution in [2.75, 3.05) is 38.4 Å². The summed E-state index contributed by atoms with van der Waals surface area (Å²) < 4.78 is 5.10. The Morgan fingerprint density at radius 3 is 2.60 bits per heavy atom. The predicted molar refractivity (Wildman–Crippen MR) is 83.4 cm³/mol. The van der Waals surface area contributed by atoms with E-state index < -0.39 is 0 Å². The lowest BCUT2D eigenvalue weighted by atomic mass is 10.1. The van der Waals surface area contributed by atoms with E-state index in [-0.39, 0.29) is 17.8 Å². The molecule has 0 aliphatic carbocycles. The number of nitrogens with two attached hydrogens (primary N) is 1. The lowest BCUT2D eigenvalue weighted by Gasteiger charge is -2.30. The molecule has 1 aromatic heterocycles. The third-order valence-electron chi connectivity index (χ3n) is 3.24. The summed E-state index contributed by atoms with van der Waals surface area (Å²) in [4.78, 5) is 19.2. The lowest BCUT2D eigenvalue weighted by Crippen LogP contribution is -2.41. The van der Waals surface area contributed by atoms with Crippen molar-refractivity contribution < 1.29 is 9.53 Å². The van der Waals surface area contributed by atoms with Gasteiger partial charge in [-0.2, -0.15) is 0 Å². The fourth-order valence-electron chi connectivity index (χ4n) is 2.09. The molecule has 0 saturated carbocycles. The first-order chi connectivity index (χ1) is 9.58. The number of carbonyl (C=O) groups is 1. The van der Waals surface area contributed by atoms with Gasteiger partial charge in [0.1, 0.15) is 10.7 Å². The fraction of sp³-hybridized carbons (Fsp3) is 0.692. The Labute approximate surface area is 124 Å². The largest absolute Gasteiger partial charge is 0.383 e. The first-order valence-electron chi connectivity index (χ1n) is 6.82. The van der Waals surface area contributed by atoms with Crippen molar-refractivity contribution in [1.29, 1.82) is 0 Å². The van der Waals surface area contributed by atoms with Crippen LogP contribution in [-0.2, 0) is 4.74 Å². The zero-order valence-electron chi connectivity index (χ0n) is 12.6. The molecule has 3 N–H and O–H groups in total. The molecule has 0 saturated heterocycles.